The molecule has 1 N–H and O–H groups in total. The molecule has 1 aliphatic heterocycles. The Labute approximate surface area is 222 Å². The number of carbonyl (C=O) groups excluding carboxylic acids is 1. The fourth-order valence-electron chi connectivity index (χ4n) is 4.67. The number of benzene rings is 2. The molecule has 1 fully saturated rings. The number of methoxy groups -OCH3 is 1. The zero-order valence-electron chi connectivity index (χ0n) is 21.1. The highest BCUT2D eigenvalue weighted by molar-refractivity contribution is 7.93. The molecule has 1 aliphatic rings. The Hall–Kier alpha value is -4.18. The molecule has 38 heavy (non-hydrogen) atoms. The number of amides is 1. The predicted molar refractivity (Wildman–Crippen MR) is 148 cm³/mol. The number of rotatable bonds is 8. The largest absolute Gasteiger partial charge is 0.479 e. The van der Waals surface area contributed by atoms with E-state index in [0.29, 0.717) is 16.6 Å². The molecule has 0 unspecified atom stereocenters. The maximum Gasteiger partial charge on any atom is 0.267 e. The van der Waals surface area contributed by atoms with Crippen molar-refractivity contribution in [3.8, 4) is 5.88 Å². The number of carbonyl (C=O) groups is 1. The minimum absolute atomic E-state index is 0.0137. The lowest BCUT2D eigenvalue weighted by molar-refractivity contribution is -0.114. The highest BCUT2D eigenvalue weighted by Crippen LogP contribution is 2.32. The summed E-state index contributed by atoms with van der Waals surface area (Å²) in [4.78, 5) is 24.0. The number of aromatic nitrogens is 2. The van der Waals surface area contributed by atoms with Gasteiger partial charge < -0.3 is 15.0 Å². The summed E-state index contributed by atoms with van der Waals surface area (Å²) >= 11 is 0. The van der Waals surface area contributed by atoms with Crippen LogP contribution in [0.2, 0.25) is 0 Å². The van der Waals surface area contributed by atoms with Crippen LogP contribution in [-0.2, 0) is 14.8 Å². The van der Waals surface area contributed by atoms with Crippen LogP contribution in [-0.4, -0.2) is 51.0 Å². The quantitative estimate of drug-likeness (QED) is 0.358. The smallest absolute Gasteiger partial charge is 0.267 e. The lowest BCUT2D eigenvalue weighted by Gasteiger charge is -2.29. The van der Waals surface area contributed by atoms with Crippen LogP contribution >= 0.6 is 0 Å². The predicted octanol–water partition coefficient (Wildman–Crippen LogP) is 4.46. The maximum absolute atomic E-state index is 14.0. The molecular weight excluding hydrogens is 502 g/mol. The molecule has 10 heteroatoms. The molecule has 196 valence electrons. The Morgan fingerprint density at radius 2 is 1.66 bits per heavy atom. The van der Waals surface area contributed by atoms with Gasteiger partial charge in [-0.1, -0.05) is 18.2 Å². The van der Waals surface area contributed by atoms with Crippen molar-refractivity contribution < 1.29 is 17.9 Å². The van der Waals surface area contributed by atoms with Gasteiger partial charge in [0.2, 0.25) is 11.8 Å². The molecule has 5 rings (SSSR count). The lowest BCUT2D eigenvalue weighted by atomic mass is 10.1. The normalized spacial score (nSPS) is 13.8. The van der Waals surface area contributed by atoms with Crippen molar-refractivity contribution in [3.05, 3.63) is 79.1 Å². The van der Waals surface area contributed by atoms with Crippen LogP contribution in [0.4, 0.5) is 17.1 Å². The van der Waals surface area contributed by atoms with Crippen LogP contribution < -0.4 is 19.3 Å². The third-order valence-electron chi connectivity index (χ3n) is 6.54. The van der Waals surface area contributed by atoms with E-state index < -0.39 is 22.5 Å². The van der Waals surface area contributed by atoms with E-state index in [2.05, 4.69) is 20.2 Å². The van der Waals surface area contributed by atoms with E-state index in [1.54, 1.807) is 36.4 Å². The van der Waals surface area contributed by atoms with Crippen LogP contribution in [0.15, 0.2) is 84.0 Å². The molecule has 2 aromatic carbocycles. The fourth-order valence-corrected chi connectivity index (χ4v) is 6.26. The highest BCUT2D eigenvalue weighted by atomic mass is 32.2. The van der Waals surface area contributed by atoms with Gasteiger partial charge in [0.05, 0.1) is 12.6 Å². The van der Waals surface area contributed by atoms with Gasteiger partial charge >= 0.3 is 0 Å². The Bertz CT molecular complexity index is 1530. The first-order valence-corrected chi connectivity index (χ1v) is 13.9. The highest BCUT2D eigenvalue weighted by Gasteiger charge is 2.31. The molecule has 2 aromatic heterocycles. The second-order valence-electron chi connectivity index (χ2n) is 9.02. The Balaban J connectivity index is 1.45. The second-order valence-corrected chi connectivity index (χ2v) is 10.8. The minimum Gasteiger partial charge on any atom is -0.479 e. The van der Waals surface area contributed by atoms with Crippen molar-refractivity contribution in [2.75, 3.05) is 41.3 Å². The molecule has 3 heterocycles. The molecule has 0 radical (unpaired) electrons. The van der Waals surface area contributed by atoms with Crippen molar-refractivity contribution in [3.63, 3.8) is 0 Å². The zero-order valence-corrected chi connectivity index (χ0v) is 21.9. The molecule has 1 saturated heterocycles. The molecule has 4 aromatic rings. The molecule has 0 aliphatic carbocycles. The van der Waals surface area contributed by atoms with Crippen LogP contribution in [0.1, 0.15) is 19.3 Å². The number of para-hydroxylation sites is 1. The first kappa shape index (κ1) is 25.5. The Morgan fingerprint density at radius 1 is 0.947 bits per heavy atom. The molecular formula is C28H29N5O4S. The summed E-state index contributed by atoms with van der Waals surface area (Å²) < 4.78 is 34.4. The number of fused-ring (bicyclic) bond motifs is 1. The summed E-state index contributed by atoms with van der Waals surface area (Å²) in [6.07, 6.45) is 6.63. The van der Waals surface area contributed by atoms with Gasteiger partial charge in [0.1, 0.15) is 17.1 Å². The van der Waals surface area contributed by atoms with Crippen molar-refractivity contribution in [1.82, 2.24) is 9.97 Å². The van der Waals surface area contributed by atoms with E-state index >= 15 is 0 Å². The molecule has 0 saturated carbocycles. The van der Waals surface area contributed by atoms with Gasteiger partial charge in [-0.05, 0) is 67.8 Å². The average Bonchev–Trinajstić information content (AvgIpc) is 2.96. The van der Waals surface area contributed by atoms with Crippen LogP contribution in [0.25, 0.3) is 10.9 Å². The van der Waals surface area contributed by atoms with Crippen LogP contribution in [0.3, 0.4) is 0 Å². The van der Waals surface area contributed by atoms with Crippen molar-refractivity contribution in [1.29, 1.82) is 0 Å². The summed E-state index contributed by atoms with van der Waals surface area (Å²) in [5.74, 6) is -0.415. The third kappa shape index (κ3) is 5.26. The van der Waals surface area contributed by atoms with Gasteiger partial charge in [0, 0.05) is 42.2 Å². The summed E-state index contributed by atoms with van der Waals surface area (Å²) in [6, 6.07) is 19.2. The number of sulfonamides is 1. The molecule has 0 atom stereocenters. The van der Waals surface area contributed by atoms with E-state index in [1.807, 2.05) is 24.3 Å². The molecule has 0 bridgehead atoms. The number of ether oxygens (including phenoxy) is 1. The second kappa shape index (κ2) is 11.1. The number of nitrogens with zero attached hydrogens (tertiary/aromatic N) is 4. The number of hydrogen-bond acceptors (Lipinski definition) is 7. The number of piperidine rings is 1. The average molecular weight is 532 g/mol. The van der Waals surface area contributed by atoms with Gasteiger partial charge in [-0.3, -0.25) is 14.1 Å². The van der Waals surface area contributed by atoms with Crippen LogP contribution in [0, 0.1) is 0 Å². The van der Waals surface area contributed by atoms with Crippen molar-refractivity contribution >= 4 is 43.9 Å². The van der Waals surface area contributed by atoms with E-state index in [1.165, 1.54) is 44.8 Å². The van der Waals surface area contributed by atoms with Gasteiger partial charge in [-0.15, -0.1) is 0 Å². The first-order chi connectivity index (χ1) is 18.5. The lowest BCUT2D eigenvalue weighted by Crippen LogP contribution is -2.38. The standard InChI is InChI=1S/C28H29N5O4S/c1-37-28-24(10-7-17-30-28)33(38(35,36)25-11-5-8-21-9-6-16-29-27(21)25)20-26(34)31-22-12-14-23(15-13-22)32-18-3-2-4-19-32/h5-17H,2-4,18-20H2,1H3,(H,31,34). The number of anilines is 3. The third-order valence-corrected chi connectivity index (χ3v) is 8.33. The van der Waals surface area contributed by atoms with Gasteiger partial charge in [-0.2, -0.15) is 0 Å². The summed E-state index contributed by atoms with van der Waals surface area (Å²) in [5.41, 5.74) is 2.16. The molecule has 9 nitrogen and oxygen atoms in total. The van der Waals surface area contributed by atoms with E-state index in [9.17, 15) is 13.2 Å². The number of nitrogens with one attached hydrogen (secondary N) is 1. The SMILES string of the molecule is COc1ncccc1N(CC(=O)Nc1ccc(N2CCCCC2)cc1)S(=O)(=O)c1cccc2cccnc12. The number of hydrogen-bond donors (Lipinski definition) is 1. The monoisotopic (exact) mass is 531 g/mol. The number of pyridine rings is 2. The van der Waals surface area contributed by atoms with Gasteiger partial charge in [-0.25, -0.2) is 13.4 Å². The van der Waals surface area contributed by atoms with E-state index in [-0.39, 0.29) is 16.5 Å². The Kier molecular flexibility index (Phi) is 7.41. The van der Waals surface area contributed by atoms with Crippen molar-refractivity contribution in [2.24, 2.45) is 0 Å². The minimum atomic E-state index is -4.24. The van der Waals surface area contributed by atoms with Gasteiger partial charge in [0.25, 0.3) is 10.0 Å². The Morgan fingerprint density at radius 3 is 2.42 bits per heavy atom. The zero-order chi connectivity index (χ0) is 26.5. The van der Waals surface area contributed by atoms with Crippen molar-refractivity contribution in [2.45, 2.75) is 24.2 Å². The summed E-state index contributed by atoms with van der Waals surface area (Å²) in [7, 11) is -2.84. The summed E-state index contributed by atoms with van der Waals surface area (Å²) in [6.45, 7) is 1.56. The summed E-state index contributed by atoms with van der Waals surface area (Å²) in [5, 5.41) is 3.50. The van der Waals surface area contributed by atoms with Crippen LogP contribution in [0.5, 0.6) is 5.88 Å². The first-order valence-electron chi connectivity index (χ1n) is 12.5. The fraction of sp³-hybridized carbons (Fsp3) is 0.250. The maximum atomic E-state index is 14.0. The van der Waals surface area contributed by atoms with E-state index in [0.717, 1.165) is 23.1 Å². The van der Waals surface area contributed by atoms with E-state index in [4.69, 9.17) is 4.74 Å². The molecule has 1 amide bonds. The topological polar surface area (TPSA) is 105 Å². The van der Waals surface area contributed by atoms with Gasteiger partial charge in [0.15, 0.2) is 0 Å². The molecule has 0 spiro atoms.